The third-order valence-corrected chi connectivity index (χ3v) is 4.21. The number of rotatable bonds is 8. The van der Waals surface area contributed by atoms with Crippen LogP contribution in [0, 0.1) is 0 Å². The number of aliphatic carboxylic acids is 1. The molecule has 1 aromatic rings. The van der Waals surface area contributed by atoms with E-state index in [-0.39, 0.29) is 18.6 Å². The van der Waals surface area contributed by atoms with Crippen molar-refractivity contribution >= 4 is 11.9 Å². The summed E-state index contributed by atoms with van der Waals surface area (Å²) in [6.45, 7) is 1.99. The fourth-order valence-corrected chi connectivity index (χ4v) is 3.01. The summed E-state index contributed by atoms with van der Waals surface area (Å²) in [6.07, 6.45) is 0.885. The average Bonchev–Trinajstić information content (AvgIpc) is 2.59. The van der Waals surface area contributed by atoms with Crippen molar-refractivity contribution < 1.29 is 24.2 Å². The van der Waals surface area contributed by atoms with E-state index in [0.29, 0.717) is 39.1 Å². The van der Waals surface area contributed by atoms with Crippen molar-refractivity contribution in [3.8, 4) is 5.75 Å². The summed E-state index contributed by atoms with van der Waals surface area (Å²) in [6, 6.07) is 7.70. The van der Waals surface area contributed by atoms with Crippen molar-refractivity contribution in [3.05, 3.63) is 29.8 Å². The topological polar surface area (TPSA) is 79.3 Å². The number of amides is 1. The van der Waals surface area contributed by atoms with Gasteiger partial charge in [-0.2, -0.15) is 0 Å². The number of hydrogen-bond acceptors (Lipinski definition) is 5. The van der Waals surface area contributed by atoms with Gasteiger partial charge in [-0.15, -0.1) is 0 Å². The van der Waals surface area contributed by atoms with E-state index in [1.807, 2.05) is 24.3 Å². The lowest BCUT2D eigenvalue weighted by Crippen LogP contribution is -2.49. The number of ether oxygens (including phenoxy) is 2. The molecule has 1 aromatic carbocycles. The second kappa shape index (κ2) is 9.39. The molecule has 138 valence electrons. The average molecular weight is 350 g/mol. The highest BCUT2D eigenvalue weighted by atomic mass is 16.5. The normalized spacial score (nSPS) is 17.6. The van der Waals surface area contributed by atoms with Crippen molar-refractivity contribution in [2.24, 2.45) is 0 Å². The van der Waals surface area contributed by atoms with Crippen LogP contribution in [-0.4, -0.2) is 79.8 Å². The Hall–Kier alpha value is -2.12. The second-order valence-corrected chi connectivity index (χ2v) is 6.23. The number of nitrogens with zero attached hydrogens (tertiary/aromatic N) is 2. The molecule has 0 spiro atoms. The lowest BCUT2D eigenvalue weighted by atomic mass is 10.1. The zero-order valence-corrected chi connectivity index (χ0v) is 14.8. The number of hydrogen-bond donors (Lipinski definition) is 1. The highest BCUT2D eigenvalue weighted by molar-refractivity contribution is 5.76. The Bertz CT molecular complexity index is 593. The Kier molecular flexibility index (Phi) is 7.21. The molecule has 0 radical (unpaired) electrons. The Labute approximate surface area is 148 Å². The smallest absolute Gasteiger partial charge is 0.317 e. The molecule has 1 saturated heterocycles. The molecule has 1 aliphatic rings. The van der Waals surface area contributed by atoms with Gasteiger partial charge in [0, 0.05) is 26.1 Å². The Morgan fingerprint density at radius 1 is 1.40 bits per heavy atom. The molecule has 25 heavy (non-hydrogen) atoms. The van der Waals surface area contributed by atoms with Crippen LogP contribution < -0.4 is 4.74 Å². The molecule has 0 saturated carbocycles. The predicted octanol–water partition coefficient (Wildman–Crippen LogP) is 0.872. The lowest BCUT2D eigenvalue weighted by molar-refractivity contribution is -0.142. The van der Waals surface area contributed by atoms with E-state index in [0.717, 1.165) is 11.3 Å². The number of carboxylic acid groups (broad SMARTS) is 1. The number of aryl methyl sites for hydroxylation is 1. The van der Waals surface area contributed by atoms with Gasteiger partial charge in [-0.1, -0.05) is 18.2 Å². The van der Waals surface area contributed by atoms with Gasteiger partial charge in [-0.25, -0.2) is 0 Å². The lowest BCUT2D eigenvalue weighted by Gasteiger charge is -2.34. The molecule has 0 bridgehead atoms. The molecular formula is C18H26N2O5. The van der Waals surface area contributed by atoms with Gasteiger partial charge < -0.3 is 19.5 Å². The molecule has 1 N–H and O–H groups in total. The van der Waals surface area contributed by atoms with Crippen molar-refractivity contribution in [1.29, 1.82) is 0 Å². The minimum atomic E-state index is -0.872. The van der Waals surface area contributed by atoms with E-state index >= 15 is 0 Å². The second-order valence-electron chi connectivity index (χ2n) is 6.23. The maximum atomic E-state index is 12.5. The number of carbonyl (C=O) groups excluding carboxylic acids is 1. The molecule has 7 heteroatoms. The van der Waals surface area contributed by atoms with Crippen LogP contribution in [0.25, 0.3) is 0 Å². The summed E-state index contributed by atoms with van der Waals surface area (Å²) in [4.78, 5) is 26.7. The molecular weight excluding hydrogens is 324 g/mol. The van der Waals surface area contributed by atoms with Crippen molar-refractivity contribution in [1.82, 2.24) is 9.80 Å². The molecule has 2 rings (SSSR count). The van der Waals surface area contributed by atoms with Crippen LogP contribution in [0.2, 0.25) is 0 Å². The van der Waals surface area contributed by atoms with Crippen LogP contribution in [0.15, 0.2) is 24.3 Å². The van der Waals surface area contributed by atoms with Crippen LogP contribution in [0.4, 0.5) is 0 Å². The van der Waals surface area contributed by atoms with Gasteiger partial charge >= 0.3 is 5.97 Å². The summed E-state index contributed by atoms with van der Waals surface area (Å²) in [5, 5.41) is 8.82. The molecule has 0 aromatic heterocycles. The first kappa shape index (κ1) is 19.2. The fraction of sp³-hybridized carbons (Fsp3) is 0.556. The molecule has 1 aliphatic heterocycles. The monoisotopic (exact) mass is 350 g/mol. The van der Waals surface area contributed by atoms with E-state index in [2.05, 4.69) is 0 Å². The summed E-state index contributed by atoms with van der Waals surface area (Å²) in [5.74, 6) is 0.00796. The zero-order chi connectivity index (χ0) is 18.2. The zero-order valence-electron chi connectivity index (χ0n) is 14.8. The van der Waals surface area contributed by atoms with E-state index in [4.69, 9.17) is 14.6 Å². The number of morpholine rings is 1. The Balaban J connectivity index is 1.83. The Morgan fingerprint density at radius 3 is 2.88 bits per heavy atom. The molecule has 1 heterocycles. The van der Waals surface area contributed by atoms with Gasteiger partial charge in [-0.3, -0.25) is 14.5 Å². The highest BCUT2D eigenvalue weighted by Crippen LogP contribution is 2.19. The number of carbonyl (C=O) groups is 2. The third kappa shape index (κ3) is 6.03. The van der Waals surface area contributed by atoms with E-state index < -0.39 is 5.97 Å². The SMILES string of the molecule is COc1ccccc1CCC(=O)N1CCOC(CN(C)CC(=O)O)C1. The number of para-hydroxylation sites is 1. The van der Waals surface area contributed by atoms with E-state index in [9.17, 15) is 9.59 Å². The highest BCUT2D eigenvalue weighted by Gasteiger charge is 2.25. The first-order valence-electron chi connectivity index (χ1n) is 8.41. The van der Waals surface area contributed by atoms with Crippen LogP contribution in [0.5, 0.6) is 5.75 Å². The molecule has 1 amide bonds. The summed E-state index contributed by atoms with van der Waals surface area (Å²) < 4.78 is 11.0. The summed E-state index contributed by atoms with van der Waals surface area (Å²) in [5.41, 5.74) is 1.02. The molecule has 1 fully saturated rings. The number of benzene rings is 1. The first-order valence-corrected chi connectivity index (χ1v) is 8.41. The maximum Gasteiger partial charge on any atom is 0.317 e. The number of carboxylic acids is 1. The van der Waals surface area contributed by atoms with Gasteiger partial charge in [0.15, 0.2) is 0 Å². The predicted molar refractivity (Wildman–Crippen MR) is 92.8 cm³/mol. The molecule has 1 atom stereocenters. The fourth-order valence-electron chi connectivity index (χ4n) is 3.01. The largest absolute Gasteiger partial charge is 0.496 e. The summed E-state index contributed by atoms with van der Waals surface area (Å²) >= 11 is 0. The van der Waals surface area contributed by atoms with Crippen LogP contribution >= 0.6 is 0 Å². The summed E-state index contributed by atoms with van der Waals surface area (Å²) in [7, 11) is 3.36. The maximum absolute atomic E-state index is 12.5. The first-order chi connectivity index (χ1) is 12.0. The molecule has 7 nitrogen and oxygen atoms in total. The minimum absolute atomic E-state index is 0.0401. The van der Waals surface area contributed by atoms with Crippen molar-refractivity contribution in [2.75, 3.05) is 46.9 Å². The van der Waals surface area contributed by atoms with Crippen molar-refractivity contribution in [3.63, 3.8) is 0 Å². The molecule has 1 unspecified atom stereocenters. The van der Waals surface area contributed by atoms with E-state index in [1.165, 1.54) is 0 Å². The number of likely N-dealkylation sites (N-methyl/N-ethyl adjacent to an activating group) is 1. The van der Waals surface area contributed by atoms with Gasteiger partial charge in [-0.05, 0) is 25.1 Å². The third-order valence-electron chi connectivity index (χ3n) is 4.21. The molecule has 0 aliphatic carbocycles. The van der Waals surface area contributed by atoms with Gasteiger partial charge in [0.1, 0.15) is 5.75 Å². The quantitative estimate of drug-likeness (QED) is 0.750. The van der Waals surface area contributed by atoms with Crippen LogP contribution in [0.1, 0.15) is 12.0 Å². The van der Waals surface area contributed by atoms with Gasteiger partial charge in [0.2, 0.25) is 5.91 Å². The van der Waals surface area contributed by atoms with Gasteiger partial charge in [0.05, 0.1) is 26.4 Å². The van der Waals surface area contributed by atoms with Gasteiger partial charge in [0.25, 0.3) is 0 Å². The standard InChI is InChI=1S/C18H26N2O5/c1-19(13-18(22)23)11-15-12-20(9-10-25-15)17(21)8-7-14-5-3-4-6-16(14)24-2/h3-6,15H,7-13H2,1-2H3,(H,22,23). The van der Waals surface area contributed by atoms with E-state index in [1.54, 1.807) is 24.0 Å². The van der Waals surface area contributed by atoms with Crippen LogP contribution in [0.3, 0.4) is 0 Å². The minimum Gasteiger partial charge on any atom is -0.496 e. The van der Waals surface area contributed by atoms with Crippen LogP contribution in [-0.2, 0) is 20.7 Å². The number of methoxy groups -OCH3 is 1. The Morgan fingerprint density at radius 2 is 2.16 bits per heavy atom. The van der Waals surface area contributed by atoms with Crippen molar-refractivity contribution in [2.45, 2.75) is 18.9 Å².